The molecule has 0 fully saturated rings. The largest absolute Gasteiger partial charge is 0.506 e. The Kier molecular flexibility index (Phi) is 18.2. The first-order valence-electron chi connectivity index (χ1n) is 17.6. The van der Waals surface area contributed by atoms with E-state index >= 15 is 0 Å². The predicted molar refractivity (Wildman–Crippen MR) is 208 cm³/mol. The summed E-state index contributed by atoms with van der Waals surface area (Å²) in [4.78, 5) is 72.8. The second-order valence-electron chi connectivity index (χ2n) is 14.7. The van der Waals surface area contributed by atoms with Crippen LogP contribution in [0.25, 0.3) is 0 Å². The molecule has 2 aromatic rings. The number of carboxylic acids is 1. The number of thiazole rings is 1. The number of likely N-dealkylation sites (N-methyl/N-ethyl adjacent to an activating group) is 2. The van der Waals surface area contributed by atoms with E-state index in [2.05, 4.69) is 15.6 Å². The number of phenolic OH excluding ortho intramolecular Hbond substituents is 1. The number of carboxylic acid groups (broad SMARTS) is 1. The number of nitrogens with one attached hydrogen (secondary N) is 2. The Labute approximate surface area is 323 Å². The fourth-order valence-electron chi connectivity index (χ4n) is 5.62. The van der Waals surface area contributed by atoms with Gasteiger partial charge >= 0.3 is 11.9 Å². The van der Waals surface area contributed by atoms with Crippen molar-refractivity contribution in [2.45, 2.75) is 111 Å². The molecule has 16 heteroatoms. The molecule has 0 bridgehead atoms. The first-order chi connectivity index (χ1) is 24.1. The number of aromatic nitrogens is 1. The van der Waals surface area contributed by atoms with Crippen molar-refractivity contribution in [3.05, 3.63) is 39.8 Å². The molecule has 0 saturated carbocycles. The van der Waals surface area contributed by atoms with E-state index in [4.69, 9.17) is 10.5 Å². The van der Waals surface area contributed by atoms with Crippen molar-refractivity contribution in [3.8, 4) is 5.75 Å². The summed E-state index contributed by atoms with van der Waals surface area (Å²) >= 11 is 1.13. The van der Waals surface area contributed by atoms with E-state index in [0.717, 1.165) is 11.3 Å². The number of anilines is 1. The molecule has 0 radical (unpaired) electrons. The number of aliphatic carboxylic acids is 1. The zero-order chi connectivity index (χ0) is 39.7. The van der Waals surface area contributed by atoms with E-state index in [1.165, 1.54) is 18.4 Å². The standard InChI is InChI=1S/C37H58N6O8S.ClH/c1-12-21(4)31(41-36(50)37(7,8)42(9)10)34(47)43(11)28(20(2)3)18-30(51-23(6)44)33-40-27(19-52-33)32(46)39-25(15-22(5)35(48)49)16-24-13-14-29(45)26(38)17-24;/h13-14,17,19-22,25,28,30-31,45H,12,15-16,18,38H2,1-11H3,(H,39,46)(H,41,50)(H,48,49);1H/t21-,22-,25+,28+,30+,31-;/m0./s1. The highest BCUT2D eigenvalue weighted by molar-refractivity contribution is 7.09. The highest BCUT2D eigenvalue weighted by atomic mass is 35.5. The van der Waals surface area contributed by atoms with Crippen molar-refractivity contribution in [2.24, 2.45) is 17.8 Å². The number of nitrogen functional groups attached to an aromatic ring is 1. The van der Waals surface area contributed by atoms with Gasteiger partial charge in [0.05, 0.1) is 17.1 Å². The van der Waals surface area contributed by atoms with Crippen molar-refractivity contribution >= 4 is 59.1 Å². The highest BCUT2D eigenvalue weighted by Crippen LogP contribution is 2.31. The first-order valence-corrected chi connectivity index (χ1v) is 18.5. The molecule has 0 spiro atoms. The molecule has 2 rings (SSSR count). The highest BCUT2D eigenvalue weighted by Gasteiger charge is 2.38. The van der Waals surface area contributed by atoms with Gasteiger partial charge < -0.3 is 36.2 Å². The first kappa shape index (κ1) is 47.1. The molecule has 53 heavy (non-hydrogen) atoms. The molecule has 0 aliphatic carbocycles. The molecule has 14 nitrogen and oxygen atoms in total. The summed E-state index contributed by atoms with van der Waals surface area (Å²) in [5.41, 5.74) is 5.92. The third kappa shape index (κ3) is 13.1. The van der Waals surface area contributed by atoms with Crippen LogP contribution in [0, 0.1) is 17.8 Å². The average molecular weight is 783 g/mol. The van der Waals surface area contributed by atoms with Gasteiger partial charge in [0.25, 0.3) is 5.91 Å². The van der Waals surface area contributed by atoms with Crippen molar-refractivity contribution in [2.75, 3.05) is 26.9 Å². The van der Waals surface area contributed by atoms with Crippen molar-refractivity contribution in [3.63, 3.8) is 0 Å². The van der Waals surface area contributed by atoms with Crippen LogP contribution in [0.3, 0.4) is 0 Å². The van der Waals surface area contributed by atoms with Gasteiger partial charge in [-0.25, -0.2) is 4.98 Å². The van der Waals surface area contributed by atoms with Crippen molar-refractivity contribution in [1.29, 1.82) is 0 Å². The molecule has 3 amide bonds. The fourth-order valence-corrected chi connectivity index (χ4v) is 6.46. The zero-order valence-electron chi connectivity index (χ0n) is 32.8. The summed E-state index contributed by atoms with van der Waals surface area (Å²) in [6, 6.07) is 2.82. The third-order valence-corrected chi connectivity index (χ3v) is 10.8. The van der Waals surface area contributed by atoms with Crippen LogP contribution in [-0.2, 0) is 30.3 Å². The van der Waals surface area contributed by atoms with E-state index in [0.29, 0.717) is 17.0 Å². The van der Waals surface area contributed by atoms with Crippen molar-refractivity contribution in [1.82, 2.24) is 25.4 Å². The second-order valence-corrected chi connectivity index (χ2v) is 15.6. The number of ether oxygens (including phenoxy) is 1. The second kappa shape index (κ2) is 20.5. The zero-order valence-corrected chi connectivity index (χ0v) is 34.4. The Bertz CT molecular complexity index is 1570. The lowest BCUT2D eigenvalue weighted by Gasteiger charge is -2.38. The number of hydrogen-bond donors (Lipinski definition) is 5. The maximum Gasteiger partial charge on any atom is 0.306 e. The Hall–Kier alpha value is -3.95. The van der Waals surface area contributed by atoms with Crippen LogP contribution in [0.5, 0.6) is 5.75 Å². The number of hydrogen-bond acceptors (Lipinski definition) is 11. The molecule has 0 saturated heterocycles. The Morgan fingerprint density at radius 2 is 1.66 bits per heavy atom. The van der Waals surface area contributed by atoms with Gasteiger partial charge in [-0.1, -0.05) is 47.1 Å². The van der Waals surface area contributed by atoms with Crippen LogP contribution < -0.4 is 16.4 Å². The summed E-state index contributed by atoms with van der Waals surface area (Å²) in [5.74, 6) is -3.76. The number of amides is 3. The quantitative estimate of drug-likeness (QED) is 0.0754. The summed E-state index contributed by atoms with van der Waals surface area (Å²) in [6.07, 6.45) is 0.314. The minimum absolute atomic E-state index is 0. The number of aromatic hydroxyl groups is 1. The molecule has 1 aromatic carbocycles. The third-order valence-electron chi connectivity index (χ3n) is 9.82. The maximum atomic E-state index is 14.1. The van der Waals surface area contributed by atoms with Gasteiger partial charge in [0.2, 0.25) is 11.8 Å². The number of nitrogens with zero attached hydrogens (tertiary/aromatic N) is 3. The van der Waals surface area contributed by atoms with Gasteiger partial charge in [-0.2, -0.15) is 0 Å². The van der Waals surface area contributed by atoms with E-state index in [1.54, 1.807) is 63.8 Å². The molecule has 0 aliphatic rings. The summed E-state index contributed by atoms with van der Waals surface area (Å²) < 4.78 is 5.73. The van der Waals surface area contributed by atoms with E-state index < -0.39 is 53.5 Å². The number of benzene rings is 1. The minimum Gasteiger partial charge on any atom is -0.506 e. The lowest BCUT2D eigenvalue weighted by Crippen LogP contribution is -2.60. The number of carbonyl (C=O) groups is 5. The van der Waals surface area contributed by atoms with Crippen LogP contribution in [0.15, 0.2) is 23.6 Å². The van der Waals surface area contributed by atoms with Crippen LogP contribution in [0.1, 0.15) is 102 Å². The van der Waals surface area contributed by atoms with Gasteiger partial charge in [-0.3, -0.25) is 28.9 Å². The van der Waals surface area contributed by atoms with Gasteiger partial charge in [0, 0.05) is 37.9 Å². The molecule has 0 unspecified atom stereocenters. The van der Waals surface area contributed by atoms with Crippen LogP contribution in [0.2, 0.25) is 0 Å². The number of rotatable bonds is 19. The molecule has 6 N–H and O–H groups in total. The Morgan fingerprint density at radius 3 is 2.17 bits per heavy atom. The predicted octanol–water partition coefficient (Wildman–Crippen LogP) is 4.65. The summed E-state index contributed by atoms with van der Waals surface area (Å²) in [7, 11) is 5.28. The Morgan fingerprint density at radius 1 is 1.04 bits per heavy atom. The van der Waals surface area contributed by atoms with Gasteiger partial charge in [-0.15, -0.1) is 23.7 Å². The number of phenols is 1. The molecule has 6 atom stereocenters. The number of halogens is 1. The molecular formula is C37H59ClN6O8S. The van der Waals surface area contributed by atoms with Crippen molar-refractivity contribution < 1.29 is 38.9 Å². The van der Waals surface area contributed by atoms with E-state index in [1.807, 2.05) is 27.7 Å². The number of esters is 1. The molecular weight excluding hydrogens is 724 g/mol. The topological polar surface area (TPSA) is 204 Å². The molecule has 0 aliphatic heterocycles. The lowest BCUT2D eigenvalue weighted by atomic mass is 9.92. The molecule has 1 heterocycles. The molecule has 298 valence electrons. The van der Waals surface area contributed by atoms with Crippen LogP contribution >= 0.6 is 23.7 Å². The lowest BCUT2D eigenvalue weighted by molar-refractivity contribution is -0.149. The fraction of sp³-hybridized carbons (Fsp3) is 0.622. The summed E-state index contributed by atoms with van der Waals surface area (Å²) in [6.45, 7) is 14.2. The van der Waals surface area contributed by atoms with Crippen LogP contribution in [0.4, 0.5) is 5.69 Å². The Balaban J connectivity index is 0.0000140. The average Bonchev–Trinajstić information content (AvgIpc) is 3.56. The summed E-state index contributed by atoms with van der Waals surface area (Å²) in [5, 5.41) is 27.1. The maximum absolute atomic E-state index is 14.1. The monoisotopic (exact) mass is 782 g/mol. The van der Waals surface area contributed by atoms with Gasteiger partial charge in [0.1, 0.15) is 22.5 Å². The SMILES string of the molecule is CC[C@H](C)[C@H](NC(=O)C(C)(C)N(C)C)C(=O)N(C)[C@H](C[C@@H](OC(C)=O)c1nc(C(=O)N[C@@H](Cc2ccc(O)c(N)c2)C[C@H](C)C(=O)O)cs1)C(C)C.Cl. The van der Waals surface area contributed by atoms with Crippen LogP contribution in [-0.4, -0.2) is 99.5 Å². The van der Waals surface area contributed by atoms with E-state index in [-0.39, 0.29) is 72.5 Å². The minimum atomic E-state index is -1.01. The molecule has 1 aromatic heterocycles. The number of carbonyl (C=O) groups excluding carboxylic acids is 4. The normalized spacial score (nSPS) is 15.0. The van der Waals surface area contributed by atoms with Gasteiger partial charge in [-0.05, 0) is 70.3 Å². The van der Waals surface area contributed by atoms with E-state index in [9.17, 15) is 34.2 Å². The smallest absolute Gasteiger partial charge is 0.306 e. The number of nitrogens with two attached hydrogens (primary N) is 1. The van der Waals surface area contributed by atoms with Gasteiger partial charge in [0.15, 0.2) is 6.10 Å².